The van der Waals surface area contributed by atoms with Crippen molar-refractivity contribution in [2.24, 2.45) is 0 Å². The molecule has 1 atom stereocenters. The largest absolute Gasteiger partial charge is 0.302 e. The van der Waals surface area contributed by atoms with Crippen LogP contribution in [-0.4, -0.2) is 5.37 Å². The van der Waals surface area contributed by atoms with Crippen molar-refractivity contribution in [1.29, 1.82) is 5.26 Å². The van der Waals surface area contributed by atoms with Crippen molar-refractivity contribution in [2.45, 2.75) is 18.8 Å². The molecule has 0 bridgehead atoms. The van der Waals surface area contributed by atoms with Gasteiger partial charge in [-0.15, -0.1) is 0 Å². The second-order valence-electron chi connectivity index (χ2n) is 2.87. The molecule has 0 heterocycles. The topological polar surface area (TPSA) is 35.8 Å². The molecule has 1 rings (SSSR count). The number of thiol groups is 1. The van der Waals surface area contributed by atoms with Gasteiger partial charge in [-0.3, -0.25) is 0 Å². The Morgan fingerprint density at radius 1 is 1.62 bits per heavy atom. The van der Waals surface area contributed by atoms with Crippen LogP contribution in [0, 0.1) is 11.3 Å². The van der Waals surface area contributed by atoms with E-state index in [1.54, 1.807) is 6.07 Å². The van der Waals surface area contributed by atoms with Gasteiger partial charge in [-0.05, 0) is 24.6 Å². The molecule has 0 spiro atoms. The Morgan fingerprint density at radius 3 is 3.00 bits per heavy atom. The standard InChI is InChI=1S/C10H12N2S/c1-8(13)12-7-10-4-2-3-9(5-10)6-11/h2-5,8,12-13H,7H2,1H3. The summed E-state index contributed by atoms with van der Waals surface area (Å²) >= 11 is 4.20. The molecule has 1 aromatic carbocycles. The molecule has 1 unspecified atom stereocenters. The fraction of sp³-hybridized carbons (Fsp3) is 0.300. The van der Waals surface area contributed by atoms with Gasteiger partial charge in [0, 0.05) is 11.9 Å². The summed E-state index contributed by atoms with van der Waals surface area (Å²) in [6, 6.07) is 9.66. The molecule has 0 radical (unpaired) electrons. The van der Waals surface area contributed by atoms with Crippen LogP contribution in [0.15, 0.2) is 24.3 Å². The normalized spacial score (nSPS) is 12.1. The maximum atomic E-state index is 8.65. The van der Waals surface area contributed by atoms with Crippen LogP contribution in [0.1, 0.15) is 18.1 Å². The molecule has 0 fully saturated rings. The zero-order chi connectivity index (χ0) is 9.68. The molecule has 0 aliphatic heterocycles. The lowest BCUT2D eigenvalue weighted by Gasteiger charge is -2.06. The summed E-state index contributed by atoms with van der Waals surface area (Å²) in [4.78, 5) is 0. The fourth-order valence-corrected chi connectivity index (χ4v) is 1.11. The Labute approximate surface area is 84.0 Å². The second kappa shape index (κ2) is 4.90. The van der Waals surface area contributed by atoms with Crippen molar-refractivity contribution < 1.29 is 0 Å². The molecule has 2 nitrogen and oxygen atoms in total. The van der Waals surface area contributed by atoms with E-state index >= 15 is 0 Å². The summed E-state index contributed by atoms with van der Waals surface area (Å²) in [5.41, 5.74) is 1.81. The van der Waals surface area contributed by atoms with E-state index in [-0.39, 0.29) is 5.37 Å². The molecule has 1 N–H and O–H groups in total. The minimum absolute atomic E-state index is 0.172. The summed E-state index contributed by atoms with van der Waals surface area (Å²) in [6.45, 7) is 2.72. The number of nitrogens with one attached hydrogen (secondary N) is 1. The number of nitrogens with zero attached hydrogens (tertiary/aromatic N) is 1. The zero-order valence-corrected chi connectivity index (χ0v) is 8.38. The van der Waals surface area contributed by atoms with E-state index in [9.17, 15) is 0 Å². The van der Waals surface area contributed by atoms with Crippen LogP contribution in [0.3, 0.4) is 0 Å². The Morgan fingerprint density at radius 2 is 2.38 bits per heavy atom. The molecule has 0 saturated carbocycles. The van der Waals surface area contributed by atoms with E-state index in [0.717, 1.165) is 12.1 Å². The summed E-state index contributed by atoms with van der Waals surface area (Å²) < 4.78 is 0. The quantitative estimate of drug-likeness (QED) is 0.567. The van der Waals surface area contributed by atoms with Gasteiger partial charge in [0.2, 0.25) is 0 Å². The van der Waals surface area contributed by atoms with Gasteiger partial charge in [-0.2, -0.15) is 17.9 Å². The van der Waals surface area contributed by atoms with E-state index in [0.29, 0.717) is 5.56 Å². The summed E-state index contributed by atoms with van der Waals surface area (Å²) in [5.74, 6) is 0. The van der Waals surface area contributed by atoms with Crippen LogP contribution in [0.4, 0.5) is 0 Å². The van der Waals surface area contributed by atoms with Crippen molar-refractivity contribution in [3.63, 3.8) is 0 Å². The molecule has 68 valence electrons. The molecular formula is C10H12N2S. The molecule has 3 heteroatoms. The van der Waals surface area contributed by atoms with Crippen molar-refractivity contribution in [3.8, 4) is 6.07 Å². The van der Waals surface area contributed by atoms with Crippen LogP contribution in [-0.2, 0) is 6.54 Å². The monoisotopic (exact) mass is 192 g/mol. The van der Waals surface area contributed by atoms with Crippen LogP contribution in [0.5, 0.6) is 0 Å². The third-order valence-electron chi connectivity index (χ3n) is 1.66. The van der Waals surface area contributed by atoms with Gasteiger partial charge >= 0.3 is 0 Å². The second-order valence-corrected chi connectivity index (χ2v) is 3.64. The van der Waals surface area contributed by atoms with Crippen molar-refractivity contribution in [2.75, 3.05) is 0 Å². The molecule has 13 heavy (non-hydrogen) atoms. The maximum Gasteiger partial charge on any atom is 0.0991 e. The first-order valence-corrected chi connectivity index (χ1v) is 4.64. The maximum absolute atomic E-state index is 8.65. The minimum Gasteiger partial charge on any atom is -0.302 e. The third-order valence-corrected chi connectivity index (χ3v) is 1.84. The molecule has 0 amide bonds. The Bertz CT molecular complexity index is 315. The SMILES string of the molecule is CC(S)NCc1cccc(C#N)c1. The lowest BCUT2D eigenvalue weighted by atomic mass is 10.1. The Balaban J connectivity index is 2.63. The average Bonchev–Trinajstić information content (AvgIpc) is 2.15. The summed E-state index contributed by atoms with van der Waals surface area (Å²) in [5, 5.41) is 12.0. The molecule has 0 aromatic heterocycles. The van der Waals surface area contributed by atoms with Crippen molar-refractivity contribution in [3.05, 3.63) is 35.4 Å². The summed E-state index contributed by atoms with van der Waals surface area (Å²) in [6.07, 6.45) is 0. The van der Waals surface area contributed by atoms with Gasteiger partial charge in [0.15, 0.2) is 0 Å². The lowest BCUT2D eigenvalue weighted by molar-refractivity contribution is 0.691. The van der Waals surface area contributed by atoms with Gasteiger partial charge in [0.05, 0.1) is 11.6 Å². The number of benzene rings is 1. The van der Waals surface area contributed by atoms with Crippen LogP contribution >= 0.6 is 12.6 Å². The van der Waals surface area contributed by atoms with Gasteiger partial charge in [0.1, 0.15) is 0 Å². The predicted molar refractivity (Wildman–Crippen MR) is 56.4 cm³/mol. The zero-order valence-electron chi connectivity index (χ0n) is 7.49. The summed E-state index contributed by atoms with van der Waals surface area (Å²) in [7, 11) is 0. The Hall–Kier alpha value is -0.980. The van der Waals surface area contributed by atoms with Gasteiger partial charge < -0.3 is 5.32 Å². The molecule has 0 aliphatic carbocycles. The lowest BCUT2D eigenvalue weighted by Crippen LogP contribution is -2.19. The fourth-order valence-electron chi connectivity index (χ4n) is 1.02. The molecule has 1 aromatic rings. The van der Waals surface area contributed by atoms with E-state index in [4.69, 9.17) is 5.26 Å². The smallest absolute Gasteiger partial charge is 0.0991 e. The number of rotatable bonds is 3. The van der Waals surface area contributed by atoms with Crippen LogP contribution < -0.4 is 5.32 Å². The molecular weight excluding hydrogens is 180 g/mol. The predicted octanol–water partition coefficient (Wildman–Crippen LogP) is 1.92. The first-order chi connectivity index (χ1) is 6.22. The molecule has 0 saturated heterocycles. The Kier molecular flexibility index (Phi) is 3.81. The van der Waals surface area contributed by atoms with Crippen LogP contribution in [0.2, 0.25) is 0 Å². The number of nitriles is 1. The first-order valence-electron chi connectivity index (χ1n) is 4.13. The highest BCUT2D eigenvalue weighted by Gasteiger charge is 1.96. The molecule has 0 aliphatic rings. The van der Waals surface area contributed by atoms with Crippen LogP contribution in [0.25, 0.3) is 0 Å². The highest BCUT2D eigenvalue weighted by Crippen LogP contribution is 2.04. The first kappa shape index (κ1) is 10.1. The number of hydrogen-bond acceptors (Lipinski definition) is 3. The average molecular weight is 192 g/mol. The highest BCUT2D eigenvalue weighted by atomic mass is 32.1. The van der Waals surface area contributed by atoms with Crippen molar-refractivity contribution in [1.82, 2.24) is 5.32 Å². The third kappa shape index (κ3) is 3.49. The van der Waals surface area contributed by atoms with E-state index in [1.807, 2.05) is 25.1 Å². The van der Waals surface area contributed by atoms with Gasteiger partial charge in [-0.1, -0.05) is 12.1 Å². The van der Waals surface area contributed by atoms with Crippen molar-refractivity contribution >= 4 is 12.6 Å². The minimum atomic E-state index is 0.172. The highest BCUT2D eigenvalue weighted by molar-refractivity contribution is 7.80. The van der Waals surface area contributed by atoms with Gasteiger partial charge in [-0.25, -0.2) is 0 Å². The van der Waals surface area contributed by atoms with E-state index in [2.05, 4.69) is 24.0 Å². The van der Waals surface area contributed by atoms with E-state index < -0.39 is 0 Å². The number of hydrogen-bond donors (Lipinski definition) is 2. The van der Waals surface area contributed by atoms with E-state index in [1.165, 1.54) is 0 Å². The van der Waals surface area contributed by atoms with Gasteiger partial charge in [0.25, 0.3) is 0 Å².